The summed E-state index contributed by atoms with van der Waals surface area (Å²) in [6.45, 7) is 0.176. The van der Waals surface area contributed by atoms with Crippen molar-refractivity contribution in [1.29, 1.82) is 0 Å². The molecule has 2 N–H and O–H groups in total. The summed E-state index contributed by atoms with van der Waals surface area (Å²) in [4.78, 5) is 12.1. The zero-order valence-electron chi connectivity index (χ0n) is 12.2. The standard InChI is InChI=1S/C17H18N2O3/c20-16(18-12-17(21)9-5-2-6-10-17)14-11-15(22-19-14)13-7-3-1-4-8-13/h1,3-5,7-9,11,21H,2,6,10,12H2,(H,18,20). The van der Waals surface area contributed by atoms with Gasteiger partial charge in [0.2, 0.25) is 0 Å². The highest BCUT2D eigenvalue weighted by molar-refractivity contribution is 5.93. The molecule has 0 bridgehead atoms. The minimum Gasteiger partial charge on any atom is -0.384 e. The molecule has 0 saturated carbocycles. The molecule has 1 aliphatic carbocycles. The summed E-state index contributed by atoms with van der Waals surface area (Å²) in [5.41, 5.74) is 0.116. The van der Waals surface area contributed by atoms with Crippen LogP contribution in [0, 0.1) is 0 Å². The minimum absolute atomic E-state index is 0.176. The number of nitrogens with zero attached hydrogens (tertiary/aromatic N) is 1. The Morgan fingerprint density at radius 3 is 2.91 bits per heavy atom. The molecule has 0 spiro atoms. The van der Waals surface area contributed by atoms with Crippen molar-refractivity contribution in [2.24, 2.45) is 0 Å². The third kappa shape index (κ3) is 3.26. The number of carbonyl (C=O) groups is 1. The molecule has 1 aliphatic rings. The first-order chi connectivity index (χ1) is 10.7. The second-order valence-corrected chi connectivity index (χ2v) is 5.52. The number of aliphatic hydroxyl groups is 1. The lowest BCUT2D eigenvalue weighted by molar-refractivity contribution is 0.0656. The van der Waals surface area contributed by atoms with Crippen molar-refractivity contribution in [2.75, 3.05) is 6.54 Å². The van der Waals surface area contributed by atoms with Gasteiger partial charge in [0.25, 0.3) is 5.91 Å². The van der Waals surface area contributed by atoms with E-state index in [-0.39, 0.29) is 18.1 Å². The van der Waals surface area contributed by atoms with E-state index in [0.29, 0.717) is 12.2 Å². The summed E-state index contributed by atoms with van der Waals surface area (Å²) in [7, 11) is 0. The number of hydrogen-bond acceptors (Lipinski definition) is 4. The molecule has 0 saturated heterocycles. The van der Waals surface area contributed by atoms with E-state index in [1.807, 2.05) is 36.4 Å². The molecule has 5 nitrogen and oxygen atoms in total. The zero-order valence-corrected chi connectivity index (χ0v) is 12.2. The lowest BCUT2D eigenvalue weighted by atomic mass is 9.91. The molecule has 0 radical (unpaired) electrons. The predicted molar refractivity (Wildman–Crippen MR) is 82.2 cm³/mol. The third-order valence-electron chi connectivity index (χ3n) is 3.76. The minimum atomic E-state index is -0.958. The Morgan fingerprint density at radius 1 is 1.36 bits per heavy atom. The number of allylic oxidation sites excluding steroid dienone is 1. The molecule has 1 unspecified atom stereocenters. The fourth-order valence-electron chi connectivity index (χ4n) is 2.50. The number of amides is 1. The molecule has 0 aliphatic heterocycles. The number of rotatable bonds is 4. The molecule has 114 valence electrons. The van der Waals surface area contributed by atoms with E-state index in [1.165, 1.54) is 0 Å². The molecule has 2 aromatic rings. The first-order valence-corrected chi connectivity index (χ1v) is 7.37. The first-order valence-electron chi connectivity index (χ1n) is 7.37. The number of aromatic nitrogens is 1. The summed E-state index contributed by atoms with van der Waals surface area (Å²) in [5.74, 6) is 0.195. The quantitative estimate of drug-likeness (QED) is 0.851. The summed E-state index contributed by atoms with van der Waals surface area (Å²) in [6, 6.07) is 11.1. The van der Waals surface area contributed by atoms with Crippen LogP contribution in [0.5, 0.6) is 0 Å². The molecule has 5 heteroatoms. The van der Waals surface area contributed by atoms with Gasteiger partial charge < -0.3 is 14.9 Å². The van der Waals surface area contributed by atoms with Crippen LogP contribution in [-0.2, 0) is 0 Å². The average molecular weight is 298 g/mol. The molecular weight excluding hydrogens is 280 g/mol. The first kappa shape index (κ1) is 14.5. The number of nitrogens with one attached hydrogen (secondary N) is 1. The Morgan fingerprint density at radius 2 is 2.18 bits per heavy atom. The molecule has 1 atom stereocenters. The highest BCUT2D eigenvalue weighted by Crippen LogP contribution is 2.22. The van der Waals surface area contributed by atoms with Crippen molar-refractivity contribution >= 4 is 5.91 Å². The van der Waals surface area contributed by atoms with Gasteiger partial charge >= 0.3 is 0 Å². The van der Waals surface area contributed by atoms with Gasteiger partial charge in [-0.3, -0.25) is 4.79 Å². The highest BCUT2D eigenvalue weighted by Gasteiger charge is 2.26. The molecule has 1 aromatic carbocycles. The largest absolute Gasteiger partial charge is 0.384 e. The summed E-state index contributed by atoms with van der Waals surface area (Å²) >= 11 is 0. The van der Waals surface area contributed by atoms with E-state index in [9.17, 15) is 9.90 Å². The highest BCUT2D eigenvalue weighted by atomic mass is 16.5. The summed E-state index contributed by atoms with van der Waals surface area (Å²) in [6.07, 6.45) is 6.25. The number of benzene rings is 1. The Balaban J connectivity index is 1.65. The number of carbonyl (C=O) groups excluding carboxylic acids is 1. The van der Waals surface area contributed by atoms with Gasteiger partial charge in [-0.05, 0) is 19.3 Å². The monoisotopic (exact) mass is 298 g/mol. The second kappa shape index (κ2) is 6.15. The van der Waals surface area contributed by atoms with E-state index in [1.54, 1.807) is 12.1 Å². The maximum absolute atomic E-state index is 12.1. The molecule has 1 amide bonds. The second-order valence-electron chi connectivity index (χ2n) is 5.52. The topological polar surface area (TPSA) is 75.4 Å². The third-order valence-corrected chi connectivity index (χ3v) is 3.76. The maximum atomic E-state index is 12.1. The lowest BCUT2D eigenvalue weighted by Gasteiger charge is -2.27. The van der Waals surface area contributed by atoms with E-state index in [4.69, 9.17) is 4.52 Å². The van der Waals surface area contributed by atoms with Crippen molar-refractivity contribution < 1.29 is 14.4 Å². The van der Waals surface area contributed by atoms with Gasteiger partial charge in [0.15, 0.2) is 11.5 Å². The van der Waals surface area contributed by atoms with E-state index in [0.717, 1.165) is 18.4 Å². The van der Waals surface area contributed by atoms with Gasteiger partial charge in [-0.2, -0.15) is 0 Å². The van der Waals surface area contributed by atoms with E-state index >= 15 is 0 Å². The Kier molecular flexibility index (Phi) is 4.06. The van der Waals surface area contributed by atoms with Gasteiger partial charge in [-0.25, -0.2) is 0 Å². The maximum Gasteiger partial charge on any atom is 0.273 e. The molecule has 1 heterocycles. The Bertz CT molecular complexity index is 678. The van der Waals surface area contributed by atoms with E-state index in [2.05, 4.69) is 10.5 Å². The van der Waals surface area contributed by atoms with Gasteiger partial charge in [-0.1, -0.05) is 47.6 Å². The van der Waals surface area contributed by atoms with Crippen LogP contribution in [-0.4, -0.2) is 28.3 Å². The van der Waals surface area contributed by atoms with Crippen LogP contribution >= 0.6 is 0 Å². The SMILES string of the molecule is O=C(NCC1(O)C=CCCC1)c1cc(-c2ccccc2)on1. The molecule has 1 aromatic heterocycles. The molecule has 22 heavy (non-hydrogen) atoms. The van der Waals surface area contributed by atoms with Crippen LogP contribution in [0.25, 0.3) is 11.3 Å². The molecule has 3 rings (SSSR count). The Labute approximate surface area is 128 Å². The van der Waals surface area contributed by atoms with Crippen molar-refractivity contribution in [1.82, 2.24) is 10.5 Å². The average Bonchev–Trinajstić information content (AvgIpc) is 3.04. The number of hydrogen-bond donors (Lipinski definition) is 2. The van der Waals surface area contributed by atoms with Crippen LogP contribution in [0.1, 0.15) is 29.8 Å². The van der Waals surface area contributed by atoms with Crippen LogP contribution in [0.3, 0.4) is 0 Å². The van der Waals surface area contributed by atoms with Gasteiger partial charge in [-0.15, -0.1) is 0 Å². The van der Waals surface area contributed by atoms with Crippen LogP contribution in [0.2, 0.25) is 0 Å². The predicted octanol–water partition coefficient (Wildman–Crippen LogP) is 2.54. The van der Waals surface area contributed by atoms with E-state index < -0.39 is 5.60 Å². The van der Waals surface area contributed by atoms with Crippen molar-refractivity contribution in [3.05, 3.63) is 54.2 Å². The van der Waals surface area contributed by atoms with Crippen molar-refractivity contribution in [3.63, 3.8) is 0 Å². The van der Waals surface area contributed by atoms with Crippen LogP contribution in [0.4, 0.5) is 0 Å². The van der Waals surface area contributed by atoms with Gasteiger partial charge in [0, 0.05) is 11.6 Å². The van der Waals surface area contributed by atoms with Crippen molar-refractivity contribution in [3.8, 4) is 11.3 Å². The summed E-state index contributed by atoms with van der Waals surface area (Å²) < 4.78 is 5.20. The molecule has 0 fully saturated rings. The smallest absolute Gasteiger partial charge is 0.273 e. The zero-order chi connectivity index (χ0) is 15.4. The molecular formula is C17H18N2O3. The summed E-state index contributed by atoms with van der Waals surface area (Å²) in [5, 5.41) is 16.8. The van der Waals surface area contributed by atoms with Crippen LogP contribution in [0.15, 0.2) is 53.1 Å². The fraction of sp³-hybridized carbons (Fsp3) is 0.294. The Hall–Kier alpha value is -2.40. The van der Waals surface area contributed by atoms with Gasteiger partial charge in [0.1, 0.15) is 0 Å². The van der Waals surface area contributed by atoms with Crippen LogP contribution < -0.4 is 5.32 Å². The lowest BCUT2D eigenvalue weighted by Crippen LogP contribution is -2.42. The normalized spacial score (nSPS) is 20.8. The van der Waals surface area contributed by atoms with Crippen molar-refractivity contribution in [2.45, 2.75) is 24.9 Å². The fourth-order valence-corrected chi connectivity index (χ4v) is 2.50. The van der Waals surface area contributed by atoms with Gasteiger partial charge in [0.05, 0.1) is 12.1 Å².